The molecule has 12 heteroatoms. The third-order valence-corrected chi connectivity index (χ3v) is 9.17. The number of nitrogens with zero attached hydrogens (tertiary/aromatic N) is 4. The lowest BCUT2D eigenvalue weighted by molar-refractivity contribution is 0.221. The molecule has 4 rings (SSSR count). The second-order valence-electron chi connectivity index (χ2n) is 7.58. The van der Waals surface area contributed by atoms with Gasteiger partial charge in [0, 0.05) is 34.7 Å². The molecule has 1 aliphatic heterocycles. The van der Waals surface area contributed by atoms with Gasteiger partial charge in [0.05, 0.1) is 23.8 Å². The van der Waals surface area contributed by atoms with Crippen LogP contribution in [0.5, 0.6) is 0 Å². The van der Waals surface area contributed by atoms with E-state index in [4.69, 9.17) is 32.2 Å². The van der Waals surface area contributed by atoms with Gasteiger partial charge in [0.2, 0.25) is 5.95 Å². The number of anilines is 3. The topological polar surface area (TPSA) is 84.9 Å². The third-order valence-electron chi connectivity index (χ3n) is 5.23. The van der Waals surface area contributed by atoms with Crippen LogP contribution < -0.4 is 9.21 Å². The van der Waals surface area contributed by atoms with Crippen molar-refractivity contribution in [3.05, 3.63) is 70.5 Å². The summed E-state index contributed by atoms with van der Waals surface area (Å²) < 4.78 is 39.7. The van der Waals surface area contributed by atoms with Crippen molar-refractivity contribution in [3.63, 3.8) is 0 Å². The lowest BCUT2D eigenvalue weighted by Gasteiger charge is -2.28. The fourth-order valence-electron chi connectivity index (χ4n) is 3.84. The maximum Gasteiger partial charge on any atom is 0.350 e. The van der Waals surface area contributed by atoms with Crippen molar-refractivity contribution >= 4 is 59.1 Å². The summed E-state index contributed by atoms with van der Waals surface area (Å²) in [5.41, 5.74) is 2.60. The van der Waals surface area contributed by atoms with Crippen molar-refractivity contribution in [1.82, 2.24) is 9.97 Å². The Hall–Kier alpha value is -2.00. The highest BCUT2D eigenvalue weighted by molar-refractivity contribution is 7.87. The van der Waals surface area contributed by atoms with Crippen LogP contribution in [0.2, 0.25) is 10.0 Å². The molecular weight excluding hydrogens is 530 g/mol. The minimum Gasteiger partial charge on any atom is -0.310 e. The van der Waals surface area contributed by atoms with Crippen molar-refractivity contribution in [2.75, 3.05) is 35.2 Å². The first-order valence-corrected chi connectivity index (χ1v) is 14.6. The van der Waals surface area contributed by atoms with Gasteiger partial charge in [-0.15, -0.1) is 0 Å². The molecule has 0 saturated heterocycles. The minimum atomic E-state index is -3.58. The SMILES string of the molecule is CCOP(=O)(CN(c1ccc2c(c1)CCN2c1ncccn1)S(=O)c1cc(Cl)cc(Cl)c1)OCC. The van der Waals surface area contributed by atoms with Gasteiger partial charge in [0.25, 0.3) is 0 Å². The van der Waals surface area contributed by atoms with Crippen LogP contribution in [0.1, 0.15) is 19.4 Å². The quantitative estimate of drug-likeness (QED) is 0.274. The van der Waals surface area contributed by atoms with E-state index in [2.05, 4.69) is 9.97 Å². The molecule has 186 valence electrons. The Kier molecular flexibility index (Phi) is 8.47. The molecule has 2 aromatic carbocycles. The number of rotatable bonds is 10. The zero-order valence-corrected chi connectivity index (χ0v) is 22.5. The van der Waals surface area contributed by atoms with Crippen molar-refractivity contribution in [1.29, 1.82) is 0 Å². The maximum absolute atomic E-state index is 13.8. The average molecular weight is 555 g/mol. The number of halogens is 2. The molecule has 1 aromatic heterocycles. The van der Waals surface area contributed by atoms with Gasteiger partial charge in [-0.25, -0.2) is 14.2 Å². The summed E-state index contributed by atoms with van der Waals surface area (Å²) >= 11 is 12.3. The highest BCUT2D eigenvalue weighted by Crippen LogP contribution is 2.50. The number of fused-ring (bicyclic) bond motifs is 1. The Morgan fingerprint density at radius 2 is 1.71 bits per heavy atom. The molecule has 0 radical (unpaired) electrons. The highest BCUT2D eigenvalue weighted by atomic mass is 35.5. The van der Waals surface area contributed by atoms with E-state index in [0.29, 0.717) is 33.1 Å². The lowest BCUT2D eigenvalue weighted by Crippen LogP contribution is -2.28. The summed E-state index contributed by atoms with van der Waals surface area (Å²) in [7, 11) is -5.38. The monoisotopic (exact) mass is 554 g/mol. The molecule has 2 heterocycles. The smallest absolute Gasteiger partial charge is 0.310 e. The van der Waals surface area contributed by atoms with Crippen molar-refractivity contribution in [2.24, 2.45) is 0 Å². The molecule has 1 atom stereocenters. The molecule has 1 unspecified atom stereocenters. The lowest BCUT2D eigenvalue weighted by atomic mass is 10.1. The Balaban J connectivity index is 1.73. The van der Waals surface area contributed by atoms with E-state index in [1.807, 2.05) is 23.1 Å². The molecule has 35 heavy (non-hydrogen) atoms. The van der Waals surface area contributed by atoms with Gasteiger partial charge >= 0.3 is 7.60 Å². The van der Waals surface area contributed by atoms with Gasteiger partial charge in [-0.05, 0) is 68.3 Å². The first-order chi connectivity index (χ1) is 16.8. The Labute approximate surface area is 217 Å². The second kappa shape index (κ2) is 11.4. The van der Waals surface area contributed by atoms with Crippen molar-refractivity contribution in [2.45, 2.75) is 25.2 Å². The molecule has 0 fully saturated rings. The summed E-state index contributed by atoms with van der Waals surface area (Å²) in [5.74, 6) is 0.616. The normalized spacial score (nSPS) is 14.1. The largest absolute Gasteiger partial charge is 0.350 e. The van der Waals surface area contributed by atoms with Crippen LogP contribution in [0.15, 0.2) is 59.8 Å². The van der Waals surface area contributed by atoms with Crippen LogP contribution >= 0.6 is 30.8 Å². The third kappa shape index (κ3) is 6.05. The fraction of sp³-hybridized carbons (Fsp3) is 0.304. The van der Waals surface area contributed by atoms with Gasteiger partial charge < -0.3 is 13.9 Å². The second-order valence-corrected chi connectivity index (χ2v) is 11.9. The average Bonchev–Trinajstić information content (AvgIpc) is 3.26. The first kappa shape index (κ1) is 26.1. The van der Waals surface area contributed by atoms with Gasteiger partial charge in [-0.1, -0.05) is 23.2 Å². The summed E-state index contributed by atoms with van der Waals surface area (Å²) in [4.78, 5) is 11.1. The van der Waals surface area contributed by atoms with E-state index in [9.17, 15) is 8.77 Å². The van der Waals surface area contributed by atoms with Crippen LogP contribution in [-0.4, -0.2) is 40.2 Å². The molecular formula is C23H25Cl2N4O4PS. The molecule has 0 aliphatic carbocycles. The summed E-state index contributed by atoms with van der Waals surface area (Å²) in [6, 6.07) is 12.2. The van der Waals surface area contributed by atoms with Gasteiger partial charge in [0.15, 0.2) is 11.0 Å². The predicted octanol–water partition coefficient (Wildman–Crippen LogP) is 6.23. The standard InChI is InChI=1S/C23H25Cl2N4O4PS/c1-3-32-34(30,33-4-2)16-29(35(31)21-14-18(24)13-19(25)15-21)20-6-7-22-17(12-20)8-11-28(22)23-26-9-5-10-27-23/h5-7,9-10,12-15H,3-4,8,11,16H2,1-2H3. The Morgan fingerprint density at radius 3 is 2.34 bits per heavy atom. The minimum absolute atomic E-state index is 0.191. The van der Waals surface area contributed by atoms with E-state index in [-0.39, 0.29) is 19.5 Å². The van der Waals surface area contributed by atoms with Gasteiger partial charge in [0.1, 0.15) is 6.29 Å². The van der Waals surface area contributed by atoms with E-state index >= 15 is 0 Å². The van der Waals surface area contributed by atoms with Crippen LogP contribution in [0, 0.1) is 0 Å². The Bertz CT molecular complexity index is 1240. The molecule has 1 aliphatic rings. The Morgan fingerprint density at radius 1 is 1.06 bits per heavy atom. The van der Waals surface area contributed by atoms with Crippen molar-refractivity contribution in [3.8, 4) is 0 Å². The highest BCUT2D eigenvalue weighted by Gasteiger charge is 2.32. The molecule has 0 saturated carbocycles. The zero-order chi connectivity index (χ0) is 25.0. The van der Waals surface area contributed by atoms with E-state index in [1.165, 1.54) is 4.31 Å². The first-order valence-electron chi connectivity index (χ1n) is 11.0. The molecule has 0 spiro atoms. The van der Waals surface area contributed by atoms with Crippen LogP contribution in [0.3, 0.4) is 0 Å². The number of benzene rings is 2. The van der Waals surface area contributed by atoms with E-state index in [1.54, 1.807) is 50.5 Å². The summed E-state index contributed by atoms with van der Waals surface area (Å²) in [5, 5.41) is 0.706. The molecule has 3 aromatic rings. The number of aromatic nitrogens is 2. The van der Waals surface area contributed by atoms with Crippen LogP contribution in [0.4, 0.5) is 17.3 Å². The molecule has 0 bridgehead atoms. The van der Waals surface area contributed by atoms with Crippen molar-refractivity contribution < 1.29 is 17.8 Å². The van der Waals surface area contributed by atoms with E-state index < -0.39 is 18.6 Å². The fourth-order valence-corrected chi connectivity index (χ4v) is 7.85. The van der Waals surface area contributed by atoms with Gasteiger partial charge in [-0.2, -0.15) is 0 Å². The molecule has 0 amide bonds. The molecule has 0 N–H and O–H groups in total. The van der Waals surface area contributed by atoms with Crippen LogP contribution in [-0.2, 0) is 31.0 Å². The van der Waals surface area contributed by atoms with Gasteiger partial charge in [-0.3, -0.25) is 8.87 Å². The predicted molar refractivity (Wildman–Crippen MR) is 140 cm³/mol. The summed E-state index contributed by atoms with van der Waals surface area (Å²) in [6.07, 6.45) is 3.94. The molecule has 8 nitrogen and oxygen atoms in total. The summed E-state index contributed by atoms with van der Waals surface area (Å²) in [6.45, 7) is 4.57. The zero-order valence-electron chi connectivity index (χ0n) is 19.3. The van der Waals surface area contributed by atoms with E-state index in [0.717, 1.165) is 17.7 Å². The number of hydrogen-bond acceptors (Lipinski definition) is 7. The number of hydrogen-bond donors (Lipinski definition) is 0. The van der Waals surface area contributed by atoms with Crippen LogP contribution in [0.25, 0.3) is 0 Å². The maximum atomic E-state index is 13.8.